The lowest BCUT2D eigenvalue weighted by atomic mass is 10.2. The highest BCUT2D eigenvalue weighted by Crippen LogP contribution is 2.14. The van der Waals surface area contributed by atoms with Gasteiger partial charge >= 0.3 is 0 Å². The van der Waals surface area contributed by atoms with Crippen molar-refractivity contribution in [3.05, 3.63) is 23.5 Å². The maximum absolute atomic E-state index is 8.84. The van der Waals surface area contributed by atoms with E-state index in [1.165, 1.54) is 12.8 Å². The SMILES string of the molecule is OCCc1cn(Cc2nnc3n2CCCC3)nn1. The molecule has 0 fully saturated rings. The van der Waals surface area contributed by atoms with Crippen LogP contribution in [-0.2, 0) is 25.9 Å². The Kier molecular flexibility index (Phi) is 3.06. The van der Waals surface area contributed by atoms with Crippen LogP contribution < -0.4 is 0 Å². The van der Waals surface area contributed by atoms with Crippen LogP contribution in [-0.4, -0.2) is 41.5 Å². The second kappa shape index (κ2) is 4.85. The summed E-state index contributed by atoms with van der Waals surface area (Å²) >= 11 is 0. The second-order valence-electron chi connectivity index (χ2n) is 4.52. The van der Waals surface area contributed by atoms with Gasteiger partial charge in [-0.2, -0.15) is 0 Å². The van der Waals surface area contributed by atoms with Crippen LogP contribution in [0.5, 0.6) is 0 Å². The topological polar surface area (TPSA) is 81.6 Å². The monoisotopic (exact) mass is 248 g/mol. The Labute approximate surface area is 104 Å². The zero-order valence-electron chi connectivity index (χ0n) is 10.2. The van der Waals surface area contributed by atoms with Crippen molar-refractivity contribution in [3.63, 3.8) is 0 Å². The van der Waals surface area contributed by atoms with Gasteiger partial charge in [0, 0.05) is 32.2 Å². The molecule has 3 heterocycles. The van der Waals surface area contributed by atoms with Crippen LogP contribution in [0.2, 0.25) is 0 Å². The van der Waals surface area contributed by atoms with Crippen LogP contribution >= 0.6 is 0 Å². The van der Waals surface area contributed by atoms with Crippen molar-refractivity contribution in [2.75, 3.05) is 6.61 Å². The van der Waals surface area contributed by atoms with Crippen LogP contribution in [0.4, 0.5) is 0 Å². The van der Waals surface area contributed by atoms with Crippen LogP contribution in [0.1, 0.15) is 30.2 Å². The van der Waals surface area contributed by atoms with Crippen LogP contribution in [0.15, 0.2) is 6.20 Å². The molecule has 2 aromatic rings. The average molecular weight is 248 g/mol. The van der Waals surface area contributed by atoms with E-state index in [4.69, 9.17) is 5.11 Å². The quantitative estimate of drug-likeness (QED) is 0.809. The fourth-order valence-corrected chi connectivity index (χ4v) is 2.28. The Morgan fingerprint density at radius 2 is 2.17 bits per heavy atom. The maximum atomic E-state index is 8.84. The Morgan fingerprint density at radius 3 is 3.06 bits per heavy atom. The molecule has 1 N–H and O–H groups in total. The minimum atomic E-state index is 0.0963. The van der Waals surface area contributed by atoms with Gasteiger partial charge in [-0.25, -0.2) is 4.68 Å². The van der Waals surface area contributed by atoms with Crippen molar-refractivity contribution in [3.8, 4) is 0 Å². The van der Waals surface area contributed by atoms with Gasteiger partial charge < -0.3 is 9.67 Å². The highest BCUT2D eigenvalue weighted by atomic mass is 16.3. The molecule has 0 saturated heterocycles. The number of fused-ring (bicyclic) bond motifs is 1. The Balaban J connectivity index is 1.77. The number of aliphatic hydroxyl groups is 1. The predicted octanol–water partition coefficient (Wildman–Crippen LogP) is -0.211. The number of aryl methyl sites for hydroxylation is 1. The summed E-state index contributed by atoms with van der Waals surface area (Å²) in [5.74, 6) is 2.01. The molecule has 1 aliphatic heterocycles. The highest BCUT2D eigenvalue weighted by molar-refractivity contribution is 5.00. The summed E-state index contributed by atoms with van der Waals surface area (Å²) in [7, 11) is 0. The first-order valence-corrected chi connectivity index (χ1v) is 6.27. The van der Waals surface area contributed by atoms with E-state index >= 15 is 0 Å². The molecule has 0 bridgehead atoms. The van der Waals surface area contributed by atoms with Gasteiger partial charge in [-0.1, -0.05) is 5.21 Å². The minimum absolute atomic E-state index is 0.0963. The first kappa shape index (κ1) is 11.3. The lowest BCUT2D eigenvalue weighted by Gasteiger charge is -2.14. The molecule has 0 saturated carbocycles. The van der Waals surface area contributed by atoms with E-state index in [0.29, 0.717) is 13.0 Å². The van der Waals surface area contributed by atoms with Crippen LogP contribution in [0.25, 0.3) is 0 Å². The minimum Gasteiger partial charge on any atom is -0.396 e. The standard InChI is InChI=1S/C11H16N6O/c18-6-4-9-7-16(15-12-9)8-11-14-13-10-3-1-2-5-17(10)11/h7,18H,1-6,8H2. The smallest absolute Gasteiger partial charge is 0.154 e. The van der Waals surface area contributed by atoms with Crippen molar-refractivity contribution in [1.82, 2.24) is 29.8 Å². The predicted molar refractivity (Wildman–Crippen MR) is 62.9 cm³/mol. The van der Waals surface area contributed by atoms with Gasteiger partial charge in [0.05, 0.1) is 5.69 Å². The molecule has 0 spiro atoms. The first-order valence-electron chi connectivity index (χ1n) is 6.27. The van der Waals surface area contributed by atoms with Crippen molar-refractivity contribution in [1.29, 1.82) is 0 Å². The number of hydrogen-bond acceptors (Lipinski definition) is 5. The van der Waals surface area contributed by atoms with Crippen LogP contribution in [0.3, 0.4) is 0 Å². The molecule has 0 aliphatic carbocycles. The number of aromatic nitrogens is 6. The molecule has 2 aromatic heterocycles. The summed E-state index contributed by atoms with van der Waals surface area (Å²) in [4.78, 5) is 0. The molecule has 0 radical (unpaired) electrons. The zero-order valence-corrected chi connectivity index (χ0v) is 10.2. The van der Waals surface area contributed by atoms with Crippen LogP contribution in [0, 0.1) is 0 Å². The molecule has 0 aromatic carbocycles. The highest BCUT2D eigenvalue weighted by Gasteiger charge is 2.16. The van der Waals surface area contributed by atoms with E-state index in [1.807, 2.05) is 6.20 Å². The molecule has 3 rings (SSSR count). The van der Waals surface area contributed by atoms with Crippen molar-refractivity contribution >= 4 is 0 Å². The number of aliphatic hydroxyl groups excluding tert-OH is 1. The summed E-state index contributed by atoms with van der Waals surface area (Å²) in [5, 5.41) is 25.3. The summed E-state index contributed by atoms with van der Waals surface area (Å²) in [6.45, 7) is 1.68. The lowest BCUT2D eigenvalue weighted by Crippen LogP contribution is -2.15. The summed E-state index contributed by atoms with van der Waals surface area (Å²) in [6, 6.07) is 0. The number of rotatable bonds is 4. The van der Waals surface area contributed by atoms with Gasteiger partial charge in [0.1, 0.15) is 12.4 Å². The van der Waals surface area contributed by atoms with E-state index < -0.39 is 0 Å². The summed E-state index contributed by atoms with van der Waals surface area (Å²) < 4.78 is 3.92. The van der Waals surface area contributed by atoms with Crippen molar-refractivity contribution in [2.24, 2.45) is 0 Å². The molecule has 7 heteroatoms. The second-order valence-corrected chi connectivity index (χ2v) is 4.52. The fourth-order valence-electron chi connectivity index (χ4n) is 2.28. The third kappa shape index (κ3) is 2.13. The molecule has 96 valence electrons. The molecule has 7 nitrogen and oxygen atoms in total. The number of nitrogens with zero attached hydrogens (tertiary/aromatic N) is 6. The third-order valence-corrected chi connectivity index (χ3v) is 3.19. The molecule has 0 atom stereocenters. The zero-order chi connectivity index (χ0) is 12.4. The molecule has 0 unspecified atom stereocenters. The Morgan fingerprint density at radius 1 is 1.22 bits per heavy atom. The average Bonchev–Trinajstić information content (AvgIpc) is 2.99. The fraction of sp³-hybridized carbons (Fsp3) is 0.636. The lowest BCUT2D eigenvalue weighted by molar-refractivity contribution is 0.298. The maximum Gasteiger partial charge on any atom is 0.154 e. The van der Waals surface area contributed by atoms with E-state index in [0.717, 1.165) is 30.3 Å². The largest absolute Gasteiger partial charge is 0.396 e. The van der Waals surface area contributed by atoms with E-state index in [-0.39, 0.29) is 6.61 Å². The van der Waals surface area contributed by atoms with Gasteiger partial charge in [-0.05, 0) is 12.8 Å². The van der Waals surface area contributed by atoms with E-state index in [2.05, 4.69) is 25.1 Å². The molecule has 1 aliphatic rings. The Hall–Kier alpha value is -1.76. The van der Waals surface area contributed by atoms with Gasteiger partial charge in [0.2, 0.25) is 0 Å². The van der Waals surface area contributed by atoms with E-state index in [9.17, 15) is 0 Å². The molecule has 0 amide bonds. The van der Waals surface area contributed by atoms with Gasteiger partial charge in [0.15, 0.2) is 5.82 Å². The molecular formula is C11H16N6O. The third-order valence-electron chi connectivity index (χ3n) is 3.19. The summed E-state index contributed by atoms with van der Waals surface area (Å²) in [5.41, 5.74) is 0.802. The van der Waals surface area contributed by atoms with Crippen molar-refractivity contribution in [2.45, 2.75) is 38.8 Å². The first-order chi connectivity index (χ1) is 8.86. The van der Waals surface area contributed by atoms with Gasteiger partial charge in [0.25, 0.3) is 0 Å². The Bertz CT molecular complexity index is 531. The summed E-state index contributed by atoms with van der Waals surface area (Å²) in [6.07, 6.45) is 5.78. The van der Waals surface area contributed by atoms with Gasteiger partial charge in [-0.3, -0.25) is 0 Å². The molecule has 18 heavy (non-hydrogen) atoms. The van der Waals surface area contributed by atoms with E-state index in [1.54, 1.807) is 4.68 Å². The number of hydrogen-bond donors (Lipinski definition) is 1. The normalized spacial score (nSPS) is 14.7. The van der Waals surface area contributed by atoms with Gasteiger partial charge in [-0.15, -0.1) is 15.3 Å². The molecular weight excluding hydrogens is 232 g/mol. The van der Waals surface area contributed by atoms with Crippen molar-refractivity contribution < 1.29 is 5.11 Å².